The number of benzene rings is 2. The van der Waals surface area contributed by atoms with E-state index < -0.39 is 33.8 Å². The third-order valence-electron chi connectivity index (χ3n) is 11.5. The predicted octanol–water partition coefficient (Wildman–Crippen LogP) is 14.8. The maximum absolute atomic E-state index is 7.75. The van der Waals surface area contributed by atoms with E-state index in [1.165, 1.54) is 0 Å². The first kappa shape index (κ1) is 45.4. The Morgan fingerprint density at radius 2 is 0.412 bits per heavy atom. The van der Waals surface area contributed by atoms with E-state index in [4.69, 9.17) is 18.1 Å². The van der Waals surface area contributed by atoms with E-state index >= 15 is 0 Å². The van der Waals surface area contributed by atoms with Crippen molar-refractivity contribution in [3.05, 3.63) is 231 Å². The molecule has 2 aromatic carbocycles. The van der Waals surface area contributed by atoms with Crippen LogP contribution in [0.2, 0.25) is 0 Å². The fraction of sp³-hybridized carbons (Fsp3) is 0.154. The summed E-state index contributed by atoms with van der Waals surface area (Å²) in [6, 6.07) is 37.3. The highest BCUT2D eigenvalue weighted by atomic mass is 31.2. The molecule has 10 aromatic rings. The summed E-state index contributed by atoms with van der Waals surface area (Å²) in [4.78, 5) is 0. The van der Waals surface area contributed by atoms with Crippen molar-refractivity contribution in [1.29, 1.82) is 0 Å². The van der Waals surface area contributed by atoms with Crippen molar-refractivity contribution >= 4 is 33.8 Å². The lowest BCUT2D eigenvalue weighted by Gasteiger charge is -2.32. The number of aromatic nitrogens is 8. The molecule has 0 fully saturated rings. The Labute approximate surface area is 402 Å². The lowest BCUT2D eigenvalue weighted by Crippen LogP contribution is -2.13. The second kappa shape index (κ2) is 20.9. The zero-order valence-electron chi connectivity index (χ0n) is 38.5. The lowest BCUT2D eigenvalue weighted by atomic mass is 9.90. The molecule has 346 valence electrons. The molecule has 0 atom stereocenters. The summed E-state index contributed by atoms with van der Waals surface area (Å²) < 4.78 is 48.3. The fourth-order valence-electron chi connectivity index (χ4n) is 8.15. The number of hydrogen-bond acceptors (Lipinski definition) is 4. The van der Waals surface area contributed by atoms with E-state index in [1.54, 1.807) is 0 Å². The molecule has 68 heavy (non-hydrogen) atoms. The van der Waals surface area contributed by atoms with Crippen molar-refractivity contribution in [3.8, 4) is 34.1 Å². The number of nitrogens with zero attached hydrogens (tertiary/aromatic N) is 8. The van der Waals surface area contributed by atoms with E-state index in [-0.39, 0.29) is 0 Å². The summed E-state index contributed by atoms with van der Waals surface area (Å²) in [5, 5.41) is 0. The first-order chi connectivity index (χ1) is 33.6. The van der Waals surface area contributed by atoms with Crippen molar-refractivity contribution in [2.75, 3.05) is 0 Å². The highest BCUT2D eigenvalue weighted by Crippen LogP contribution is 2.61. The highest BCUT2D eigenvalue weighted by Gasteiger charge is 2.36. The van der Waals surface area contributed by atoms with Crippen LogP contribution in [-0.4, -0.2) is 34.7 Å². The summed E-state index contributed by atoms with van der Waals surface area (Å²) in [6.07, 6.45) is 36.0. The largest absolute Gasteiger partial charge is 0.435 e. The standard InChI is InChI=1S/C52H54N8O4P4/c1-5-43-41-44(6-2)50(62-66(55-29-13-14-30-55)56-31-15-16-32-56)47(49(43)61-65(53-25-9-10-26-53)54-27-11-12-28-54)48-51(63-67(57-33-17-18-34-57)58-35-19-20-36-58)45(7-3)42-46(8-4)52(48)64-68(59-37-21-22-38-59)60-39-23-24-40-60/h9-42H,5-8H2,1-4H3. The summed E-state index contributed by atoms with van der Waals surface area (Å²) in [7, 11) is -6.05. The van der Waals surface area contributed by atoms with Crippen molar-refractivity contribution in [1.82, 2.24) is 34.7 Å². The molecule has 0 N–H and O–H groups in total. The predicted molar refractivity (Wildman–Crippen MR) is 278 cm³/mol. The Morgan fingerprint density at radius 1 is 0.265 bits per heavy atom. The van der Waals surface area contributed by atoms with Gasteiger partial charge in [-0.05, 0) is 157 Å². The summed E-state index contributed by atoms with van der Waals surface area (Å²) in [5.74, 6) is 2.85. The summed E-state index contributed by atoms with van der Waals surface area (Å²) in [6.45, 7) is 8.82. The first-order valence-corrected chi connectivity index (χ1v) is 27.6. The van der Waals surface area contributed by atoms with Crippen LogP contribution in [0.15, 0.2) is 208 Å². The molecule has 16 heteroatoms. The highest BCUT2D eigenvalue weighted by molar-refractivity contribution is 7.50. The van der Waals surface area contributed by atoms with Crippen LogP contribution in [-0.2, 0) is 25.7 Å². The third kappa shape index (κ3) is 9.14. The second-order valence-electron chi connectivity index (χ2n) is 15.8. The molecule has 12 nitrogen and oxygen atoms in total. The van der Waals surface area contributed by atoms with E-state index in [0.717, 1.165) is 33.4 Å². The zero-order valence-corrected chi connectivity index (χ0v) is 42.0. The van der Waals surface area contributed by atoms with Crippen LogP contribution in [0, 0.1) is 0 Å². The normalized spacial score (nSPS) is 11.7. The maximum Gasteiger partial charge on any atom is 0.317 e. The van der Waals surface area contributed by atoms with Crippen molar-refractivity contribution in [2.45, 2.75) is 53.4 Å². The Bertz CT molecular complexity index is 2530. The van der Waals surface area contributed by atoms with E-state index in [1.807, 2.05) is 97.1 Å². The van der Waals surface area contributed by atoms with Crippen molar-refractivity contribution < 1.29 is 18.1 Å². The Balaban J connectivity index is 1.34. The molecule has 0 radical (unpaired) electrons. The number of aryl methyl sites for hydroxylation is 4. The second-order valence-corrected chi connectivity index (χ2v) is 22.2. The average Bonchev–Trinajstić information content (AvgIpc) is 4.23. The zero-order chi connectivity index (χ0) is 46.4. The van der Waals surface area contributed by atoms with Crippen LogP contribution in [0.25, 0.3) is 11.1 Å². The SMILES string of the molecule is CCc1cc(CC)c(OP(n2cccc2)n2cccc2)c(-c2c(OP(n3cccc3)n3cccc3)c(CC)cc(CC)c2OP(n2cccc2)n2cccc2)c1OP(n1cccc1)n1cccc1. The summed E-state index contributed by atoms with van der Waals surface area (Å²) in [5.41, 5.74) is 5.79. The van der Waals surface area contributed by atoms with Crippen LogP contribution in [0.5, 0.6) is 23.0 Å². The molecule has 0 bridgehead atoms. The molecule has 0 aliphatic carbocycles. The quantitative estimate of drug-likeness (QED) is 0.0672. The minimum Gasteiger partial charge on any atom is -0.435 e. The van der Waals surface area contributed by atoms with Crippen LogP contribution in [0.3, 0.4) is 0 Å². The maximum atomic E-state index is 7.75. The molecule has 8 aromatic heterocycles. The van der Waals surface area contributed by atoms with E-state index in [2.05, 4.69) is 174 Å². The molecular weight excluding hydrogens is 925 g/mol. The molecule has 8 heterocycles. The van der Waals surface area contributed by atoms with Crippen LogP contribution < -0.4 is 18.1 Å². The van der Waals surface area contributed by atoms with Gasteiger partial charge in [-0.3, -0.25) is 34.7 Å². The first-order valence-electron chi connectivity index (χ1n) is 22.9. The van der Waals surface area contributed by atoms with Gasteiger partial charge in [0.1, 0.15) is 23.0 Å². The molecule has 0 amide bonds. The van der Waals surface area contributed by atoms with Gasteiger partial charge in [-0.25, -0.2) is 0 Å². The number of hydrogen-bond donors (Lipinski definition) is 0. The van der Waals surface area contributed by atoms with Crippen LogP contribution >= 0.6 is 33.8 Å². The van der Waals surface area contributed by atoms with Crippen LogP contribution in [0.4, 0.5) is 0 Å². The van der Waals surface area contributed by atoms with Gasteiger partial charge in [-0.15, -0.1) is 0 Å². The van der Waals surface area contributed by atoms with Gasteiger partial charge in [0.15, 0.2) is 0 Å². The topological polar surface area (TPSA) is 76.4 Å². The minimum atomic E-state index is -1.51. The molecule has 0 aliphatic rings. The average molecular weight is 979 g/mol. The molecular formula is C52H54N8O4P4. The Hall–Kier alpha value is -6.40. The summed E-state index contributed by atoms with van der Waals surface area (Å²) >= 11 is 0. The van der Waals surface area contributed by atoms with E-state index in [0.29, 0.717) is 48.7 Å². The number of rotatable bonds is 21. The fourth-order valence-corrected chi connectivity index (χ4v) is 14.4. The monoisotopic (exact) mass is 978 g/mol. The van der Waals surface area contributed by atoms with Gasteiger partial charge >= 0.3 is 33.8 Å². The van der Waals surface area contributed by atoms with Gasteiger partial charge in [0.25, 0.3) is 0 Å². The van der Waals surface area contributed by atoms with Crippen molar-refractivity contribution in [2.24, 2.45) is 0 Å². The van der Waals surface area contributed by atoms with Gasteiger partial charge in [-0.1, -0.05) is 27.7 Å². The van der Waals surface area contributed by atoms with Crippen molar-refractivity contribution in [3.63, 3.8) is 0 Å². The van der Waals surface area contributed by atoms with Gasteiger partial charge < -0.3 is 18.1 Å². The molecule has 0 saturated heterocycles. The van der Waals surface area contributed by atoms with Gasteiger partial charge in [0, 0.05) is 99.1 Å². The molecule has 0 spiro atoms. The van der Waals surface area contributed by atoms with Gasteiger partial charge in [0.2, 0.25) is 0 Å². The van der Waals surface area contributed by atoms with Gasteiger partial charge in [0.05, 0.1) is 11.1 Å². The smallest absolute Gasteiger partial charge is 0.317 e. The Kier molecular flexibility index (Phi) is 13.9. The molecule has 0 aliphatic heterocycles. The Morgan fingerprint density at radius 3 is 0.544 bits per heavy atom. The molecule has 10 rings (SSSR count). The van der Waals surface area contributed by atoms with Gasteiger partial charge in [-0.2, -0.15) is 0 Å². The van der Waals surface area contributed by atoms with Crippen LogP contribution in [0.1, 0.15) is 49.9 Å². The third-order valence-corrected chi connectivity index (χ3v) is 18.2. The molecule has 0 unspecified atom stereocenters. The minimum absolute atomic E-state index is 0.694. The molecule has 0 saturated carbocycles. The van der Waals surface area contributed by atoms with E-state index in [9.17, 15) is 0 Å². The lowest BCUT2D eigenvalue weighted by molar-refractivity contribution is 0.545.